The fourth-order valence-electron chi connectivity index (χ4n) is 2.54. The summed E-state index contributed by atoms with van der Waals surface area (Å²) in [4.78, 5) is 18.8. The molecule has 3 rings (SSSR count). The van der Waals surface area contributed by atoms with Crippen LogP contribution >= 0.6 is 35.5 Å². The first-order valence-electron chi connectivity index (χ1n) is 7.19. The lowest BCUT2D eigenvalue weighted by Gasteiger charge is -2.31. The van der Waals surface area contributed by atoms with Crippen molar-refractivity contribution in [2.24, 2.45) is 0 Å². The van der Waals surface area contributed by atoms with E-state index < -0.39 is 0 Å². The van der Waals surface area contributed by atoms with Gasteiger partial charge in [0.25, 0.3) is 0 Å². The molecule has 1 N–H and O–H groups in total. The standard InChI is InChI=1S/C15H19N3OS2.ClH/c1-18(11-6-8-16-9-7-11)14(19)10-20-15-17-12-4-2-3-5-13(12)21-15;/h2-5,11,16H,6-10H2,1H3;1H. The van der Waals surface area contributed by atoms with Crippen molar-refractivity contribution in [1.29, 1.82) is 0 Å². The van der Waals surface area contributed by atoms with Crippen molar-refractivity contribution in [1.82, 2.24) is 15.2 Å². The molecule has 2 aromatic rings. The monoisotopic (exact) mass is 357 g/mol. The average molecular weight is 358 g/mol. The van der Waals surface area contributed by atoms with E-state index in [0.29, 0.717) is 11.8 Å². The van der Waals surface area contributed by atoms with Crippen molar-refractivity contribution in [3.8, 4) is 0 Å². The molecular formula is C15H20ClN3OS2. The molecule has 0 atom stereocenters. The Kier molecular flexibility index (Phi) is 6.50. The van der Waals surface area contributed by atoms with Gasteiger partial charge in [-0.2, -0.15) is 0 Å². The summed E-state index contributed by atoms with van der Waals surface area (Å²) < 4.78 is 2.16. The predicted molar refractivity (Wildman–Crippen MR) is 96.3 cm³/mol. The molecule has 1 aliphatic rings. The zero-order valence-electron chi connectivity index (χ0n) is 12.4. The van der Waals surface area contributed by atoms with Crippen LogP contribution in [-0.4, -0.2) is 47.7 Å². The first-order valence-corrected chi connectivity index (χ1v) is 8.99. The van der Waals surface area contributed by atoms with Gasteiger partial charge >= 0.3 is 0 Å². The Balaban J connectivity index is 0.00000176. The van der Waals surface area contributed by atoms with Gasteiger partial charge in [0.15, 0.2) is 4.34 Å². The number of para-hydroxylation sites is 1. The van der Waals surface area contributed by atoms with E-state index >= 15 is 0 Å². The van der Waals surface area contributed by atoms with Gasteiger partial charge in [0.05, 0.1) is 16.0 Å². The zero-order valence-corrected chi connectivity index (χ0v) is 14.9. The van der Waals surface area contributed by atoms with E-state index in [2.05, 4.69) is 16.4 Å². The molecule has 1 fully saturated rings. The van der Waals surface area contributed by atoms with Crippen LogP contribution in [0.25, 0.3) is 10.2 Å². The minimum absolute atomic E-state index is 0. The lowest BCUT2D eigenvalue weighted by Crippen LogP contribution is -2.44. The fraction of sp³-hybridized carbons (Fsp3) is 0.467. The van der Waals surface area contributed by atoms with Crippen LogP contribution in [0.15, 0.2) is 28.6 Å². The summed E-state index contributed by atoms with van der Waals surface area (Å²) in [6, 6.07) is 8.48. The molecule has 1 saturated heterocycles. The van der Waals surface area contributed by atoms with Gasteiger partial charge in [-0.05, 0) is 38.1 Å². The van der Waals surface area contributed by atoms with Crippen LogP contribution in [0, 0.1) is 0 Å². The van der Waals surface area contributed by atoms with Crippen LogP contribution in [0.4, 0.5) is 0 Å². The number of carbonyl (C=O) groups is 1. The highest BCUT2D eigenvalue weighted by Crippen LogP contribution is 2.29. The maximum absolute atomic E-state index is 12.3. The number of benzene rings is 1. The van der Waals surface area contributed by atoms with Gasteiger partial charge in [-0.15, -0.1) is 23.7 Å². The molecule has 1 amide bonds. The van der Waals surface area contributed by atoms with Crippen LogP contribution < -0.4 is 5.32 Å². The highest BCUT2D eigenvalue weighted by atomic mass is 35.5. The van der Waals surface area contributed by atoms with E-state index in [-0.39, 0.29) is 18.3 Å². The second kappa shape index (κ2) is 8.15. The number of nitrogens with one attached hydrogen (secondary N) is 1. The Morgan fingerprint density at radius 2 is 2.14 bits per heavy atom. The number of rotatable bonds is 4. The number of aromatic nitrogens is 1. The van der Waals surface area contributed by atoms with Gasteiger partial charge in [-0.1, -0.05) is 23.9 Å². The molecule has 7 heteroatoms. The number of halogens is 1. The van der Waals surface area contributed by atoms with Crippen molar-refractivity contribution in [2.45, 2.75) is 23.2 Å². The van der Waals surface area contributed by atoms with Crippen LogP contribution in [0.2, 0.25) is 0 Å². The normalized spacial score (nSPS) is 15.5. The third kappa shape index (κ3) is 4.13. The molecule has 1 aromatic carbocycles. The number of hydrogen-bond acceptors (Lipinski definition) is 5. The van der Waals surface area contributed by atoms with E-state index in [4.69, 9.17) is 0 Å². The van der Waals surface area contributed by atoms with Gasteiger partial charge in [0.2, 0.25) is 5.91 Å². The number of fused-ring (bicyclic) bond motifs is 1. The maximum atomic E-state index is 12.3. The van der Waals surface area contributed by atoms with Crippen molar-refractivity contribution in [3.05, 3.63) is 24.3 Å². The molecule has 2 heterocycles. The summed E-state index contributed by atoms with van der Waals surface area (Å²) in [7, 11) is 1.93. The second-order valence-corrected chi connectivity index (χ2v) is 7.48. The third-order valence-electron chi connectivity index (χ3n) is 3.84. The van der Waals surface area contributed by atoms with Crippen LogP contribution in [-0.2, 0) is 4.79 Å². The number of carbonyl (C=O) groups excluding carboxylic acids is 1. The topological polar surface area (TPSA) is 45.2 Å². The minimum atomic E-state index is 0. The molecule has 4 nitrogen and oxygen atoms in total. The maximum Gasteiger partial charge on any atom is 0.233 e. The van der Waals surface area contributed by atoms with Crippen molar-refractivity contribution in [2.75, 3.05) is 25.9 Å². The summed E-state index contributed by atoms with van der Waals surface area (Å²) in [5.41, 5.74) is 1.02. The lowest BCUT2D eigenvalue weighted by atomic mass is 10.1. The van der Waals surface area contributed by atoms with Crippen LogP contribution in [0.5, 0.6) is 0 Å². The Labute approximate surface area is 145 Å². The number of piperidine rings is 1. The van der Waals surface area contributed by atoms with E-state index in [9.17, 15) is 4.79 Å². The molecule has 22 heavy (non-hydrogen) atoms. The largest absolute Gasteiger partial charge is 0.342 e. The Morgan fingerprint density at radius 3 is 2.86 bits per heavy atom. The molecule has 120 valence electrons. The lowest BCUT2D eigenvalue weighted by molar-refractivity contribution is -0.129. The van der Waals surface area contributed by atoms with Gasteiger partial charge in [0.1, 0.15) is 0 Å². The highest BCUT2D eigenvalue weighted by molar-refractivity contribution is 8.01. The third-order valence-corrected chi connectivity index (χ3v) is 6.01. The summed E-state index contributed by atoms with van der Waals surface area (Å²) in [6.07, 6.45) is 2.10. The molecular weight excluding hydrogens is 338 g/mol. The number of amides is 1. The average Bonchev–Trinajstić information content (AvgIpc) is 2.95. The highest BCUT2D eigenvalue weighted by Gasteiger charge is 2.22. The Bertz CT molecular complexity index is 595. The molecule has 0 saturated carbocycles. The van der Waals surface area contributed by atoms with Crippen LogP contribution in [0.3, 0.4) is 0 Å². The minimum Gasteiger partial charge on any atom is -0.342 e. The van der Waals surface area contributed by atoms with Gasteiger partial charge in [0, 0.05) is 13.1 Å². The predicted octanol–water partition coefficient (Wildman–Crippen LogP) is 3.02. The molecule has 0 unspecified atom stereocenters. The summed E-state index contributed by atoms with van der Waals surface area (Å²) in [6.45, 7) is 2.01. The van der Waals surface area contributed by atoms with E-state index in [1.807, 2.05) is 30.1 Å². The van der Waals surface area contributed by atoms with Crippen molar-refractivity contribution >= 4 is 51.6 Å². The van der Waals surface area contributed by atoms with Gasteiger partial charge in [-0.3, -0.25) is 4.79 Å². The molecule has 0 bridgehead atoms. The zero-order chi connectivity index (χ0) is 14.7. The second-order valence-electron chi connectivity index (χ2n) is 5.22. The summed E-state index contributed by atoms with van der Waals surface area (Å²) >= 11 is 3.20. The fourth-order valence-corrected chi connectivity index (χ4v) is 4.53. The van der Waals surface area contributed by atoms with E-state index in [1.54, 1.807) is 23.1 Å². The summed E-state index contributed by atoms with van der Waals surface area (Å²) in [5, 5.41) is 3.33. The first kappa shape index (κ1) is 17.5. The number of hydrogen-bond donors (Lipinski definition) is 1. The molecule has 0 aliphatic carbocycles. The SMILES string of the molecule is CN(C(=O)CSc1nc2ccccc2s1)C1CCNCC1.Cl. The Hall–Kier alpha value is -0.820. The molecule has 0 radical (unpaired) electrons. The van der Waals surface area contributed by atoms with Crippen LogP contribution in [0.1, 0.15) is 12.8 Å². The number of nitrogens with zero attached hydrogens (tertiary/aromatic N) is 2. The van der Waals surface area contributed by atoms with Gasteiger partial charge in [-0.25, -0.2) is 4.98 Å². The molecule has 1 aliphatic heterocycles. The van der Waals surface area contributed by atoms with E-state index in [1.165, 1.54) is 4.70 Å². The quantitative estimate of drug-likeness (QED) is 0.854. The van der Waals surface area contributed by atoms with Crippen molar-refractivity contribution in [3.63, 3.8) is 0 Å². The smallest absolute Gasteiger partial charge is 0.233 e. The summed E-state index contributed by atoms with van der Waals surface area (Å²) in [5.74, 6) is 0.673. The molecule has 1 aromatic heterocycles. The molecule has 0 spiro atoms. The van der Waals surface area contributed by atoms with E-state index in [0.717, 1.165) is 35.8 Å². The van der Waals surface area contributed by atoms with Gasteiger partial charge < -0.3 is 10.2 Å². The number of thiazole rings is 1. The van der Waals surface area contributed by atoms with Crippen molar-refractivity contribution < 1.29 is 4.79 Å². The Morgan fingerprint density at radius 1 is 1.41 bits per heavy atom. The number of thioether (sulfide) groups is 1. The first-order chi connectivity index (χ1) is 10.2.